The smallest absolute Gasteiger partial charge is 0.136 e. The summed E-state index contributed by atoms with van der Waals surface area (Å²) in [6, 6.07) is 15.5. The molecule has 1 aromatic heterocycles. The molecule has 0 spiro atoms. The van der Waals surface area contributed by atoms with Crippen LogP contribution in [0, 0.1) is 0 Å². The summed E-state index contributed by atoms with van der Waals surface area (Å²) >= 11 is 9.41. The van der Waals surface area contributed by atoms with E-state index in [1.807, 2.05) is 48.5 Å². The van der Waals surface area contributed by atoms with E-state index in [9.17, 15) is 0 Å². The highest BCUT2D eigenvalue weighted by Gasteiger charge is 2.08. The molecule has 0 bridgehead atoms. The zero-order valence-electron chi connectivity index (χ0n) is 10.5. The molecular weight excluding hydrogens is 338 g/mol. The highest BCUT2D eigenvalue weighted by molar-refractivity contribution is 9.10. The fourth-order valence-corrected chi connectivity index (χ4v) is 2.65. The SMILES string of the molecule is ClCc1cc(Br)ccc1Oc1cccc2ncccc12. The number of hydrogen-bond acceptors (Lipinski definition) is 2. The van der Waals surface area contributed by atoms with E-state index < -0.39 is 0 Å². The average molecular weight is 349 g/mol. The van der Waals surface area contributed by atoms with Crippen molar-refractivity contribution in [2.75, 3.05) is 0 Å². The molecule has 20 heavy (non-hydrogen) atoms. The van der Waals surface area contributed by atoms with E-state index in [0.29, 0.717) is 5.88 Å². The summed E-state index contributed by atoms with van der Waals surface area (Å²) in [7, 11) is 0. The molecule has 2 nitrogen and oxygen atoms in total. The van der Waals surface area contributed by atoms with E-state index in [0.717, 1.165) is 32.4 Å². The van der Waals surface area contributed by atoms with Crippen LogP contribution in [0.25, 0.3) is 10.9 Å². The van der Waals surface area contributed by atoms with Gasteiger partial charge >= 0.3 is 0 Å². The van der Waals surface area contributed by atoms with Gasteiger partial charge in [-0.25, -0.2) is 0 Å². The molecule has 0 atom stereocenters. The first-order chi connectivity index (χ1) is 9.78. The van der Waals surface area contributed by atoms with Crippen LogP contribution in [0.1, 0.15) is 5.56 Å². The first-order valence-electron chi connectivity index (χ1n) is 6.14. The molecule has 0 saturated heterocycles. The molecule has 0 aliphatic heterocycles. The van der Waals surface area contributed by atoms with Gasteiger partial charge in [-0.15, -0.1) is 11.6 Å². The maximum absolute atomic E-state index is 6.02. The third-order valence-electron chi connectivity index (χ3n) is 2.99. The Morgan fingerprint density at radius 3 is 2.80 bits per heavy atom. The number of alkyl halides is 1. The maximum Gasteiger partial charge on any atom is 0.136 e. The molecule has 0 N–H and O–H groups in total. The van der Waals surface area contributed by atoms with Gasteiger partial charge in [-0.2, -0.15) is 0 Å². The minimum Gasteiger partial charge on any atom is -0.456 e. The zero-order chi connectivity index (χ0) is 13.9. The maximum atomic E-state index is 6.02. The summed E-state index contributed by atoms with van der Waals surface area (Å²) in [5, 5.41) is 0.985. The number of aromatic nitrogens is 1. The van der Waals surface area contributed by atoms with Crippen molar-refractivity contribution < 1.29 is 4.74 Å². The van der Waals surface area contributed by atoms with E-state index >= 15 is 0 Å². The number of rotatable bonds is 3. The minimum absolute atomic E-state index is 0.401. The predicted octanol–water partition coefficient (Wildman–Crippen LogP) is 5.53. The van der Waals surface area contributed by atoms with Crippen molar-refractivity contribution in [3.8, 4) is 11.5 Å². The Morgan fingerprint density at radius 2 is 1.95 bits per heavy atom. The third-order valence-corrected chi connectivity index (χ3v) is 3.77. The van der Waals surface area contributed by atoms with E-state index in [-0.39, 0.29) is 0 Å². The Balaban J connectivity index is 2.05. The highest BCUT2D eigenvalue weighted by Crippen LogP contribution is 2.32. The van der Waals surface area contributed by atoms with Gasteiger partial charge < -0.3 is 4.74 Å². The second-order valence-corrected chi connectivity index (χ2v) is 5.50. The van der Waals surface area contributed by atoms with Crippen molar-refractivity contribution in [3.05, 3.63) is 64.8 Å². The van der Waals surface area contributed by atoms with Crippen molar-refractivity contribution >= 4 is 38.4 Å². The number of nitrogens with zero attached hydrogens (tertiary/aromatic N) is 1. The summed E-state index contributed by atoms with van der Waals surface area (Å²) in [4.78, 5) is 4.33. The summed E-state index contributed by atoms with van der Waals surface area (Å²) in [6.45, 7) is 0. The quantitative estimate of drug-likeness (QED) is 0.581. The average Bonchev–Trinajstić information content (AvgIpc) is 2.49. The van der Waals surface area contributed by atoms with Crippen LogP contribution in [0.4, 0.5) is 0 Å². The summed E-state index contributed by atoms with van der Waals surface area (Å²) in [5.74, 6) is 1.95. The van der Waals surface area contributed by atoms with Crippen LogP contribution in [0.5, 0.6) is 11.5 Å². The van der Waals surface area contributed by atoms with Crippen LogP contribution in [0.15, 0.2) is 59.2 Å². The molecule has 0 aliphatic carbocycles. The van der Waals surface area contributed by atoms with Crippen molar-refractivity contribution in [2.45, 2.75) is 5.88 Å². The van der Waals surface area contributed by atoms with Crippen LogP contribution < -0.4 is 4.74 Å². The number of halogens is 2. The predicted molar refractivity (Wildman–Crippen MR) is 85.5 cm³/mol. The van der Waals surface area contributed by atoms with Gasteiger partial charge in [-0.1, -0.05) is 22.0 Å². The van der Waals surface area contributed by atoms with Crippen LogP contribution in [0.2, 0.25) is 0 Å². The lowest BCUT2D eigenvalue weighted by Gasteiger charge is -2.11. The largest absolute Gasteiger partial charge is 0.456 e. The van der Waals surface area contributed by atoms with E-state index in [1.54, 1.807) is 6.20 Å². The normalized spacial score (nSPS) is 10.7. The number of ether oxygens (including phenoxy) is 1. The summed E-state index contributed by atoms with van der Waals surface area (Å²) in [6.07, 6.45) is 1.77. The molecule has 2 aromatic carbocycles. The van der Waals surface area contributed by atoms with Gasteiger partial charge in [0.2, 0.25) is 0 Å². The van der Waals surface area contributed by atoms with Gasteiger partial charge in [0.05, 0.1) is 11.4 Å². The number of hydrogen-bond donors (Lipinski definition) is 0. The molecule has 0 saturated carbocycles. The molecule has 3 aromatic rings. The first kappa shape index (κ1) is 13.4. The molecule has 0 unspecified atom stereocenters. The zero-order valence-corrected chi connectivity index (χ0v) is 12.9. The molecular formula is C16H11BrClNO. The monoisotopic (exact) mass is 347 g/mol. The Bertz CT molecular complexity index is 755. The van der Waals surface area contributed by atoms with Crippen LogP contribution in [0.3, 0.4) is 0 Å². The van der Waals surface area contributed by atoms with Gasteiger partial charge in [0.25, 0.3) is 0 Å². The Labute approximate surface area is 130 Å². The lowest BCUT2D eigenvalue weighted by atomic mass is 10.2. The lowest BCUT2D eigenvalue weighted by molar-refractivity contribution is 0.483. The van der Waals surface area contributed by atoms with Gasteiger partial charge in [-0.05, 0) is 42.5 Å². The van der Waals surface area contributed by atoms with Crippen molar-refractivity contribution in [2.24, 2.45) is 0 Å². The van der Waals surface area contributed by atoms with Crippen molar-refractivity contribution in [1.82, 2.24) is 4.98 Å². The highest BCUT2D eigenvalue weighted by atomic mass is 79.9. The van der Waals surface area contributed by atoms with Crippen LogP contribution >= 0.6 is 27.5 Å². The topological polar surface area (TPSA) is 22.1 Å². The molecule has 0 amide bonds. The number of benzene rings is 2. The second kappa shape index (κ2) is 5.81. The lowest BCUT2D eigenvalue weighted by Crippen LogP contribution is -1.91. The molecule has 3 rings (SSSR count). The Hall–Kier alpha value is -1.58. The van der Waals surface area contributed by atoms with Gasteiger partial charge in [0.15, 0.2) is 0 Å². The van der Waals surface area contributed by atoms with Gasteiger partial charge in [0.1, 0.15) is 11.5 Å². The Morgan fingerprint density at radius 1 is 1.05 bits per heavy atom. The molecule has 100 valence electrons. The Kier molecular flexibility index (Phi) is 3.90. The van der Waals surface area contributed by atoms with Crippen LogP contribution in [-0.4, -0.2) is 4.98 Å². The van der Waals surface area contributed by atoms with Gasteiger partial charge in [0, 0.05) is 21.6 Å². The second-order valence-electron chi connectivity index (χ2n) is 4.31. The molecule has 0 fully saturated rings. The number of fused-ring (bicyclic) bond motifs is 1. The van der Waals surface area contributed by atoms with E-state index in [4.69, 9.17) is 16.3 Å². The fraction of sp³-hybridized carbons (Fsp3) is 0.0625. The first-order valence-corrected chi connectivity index (χ1v) is 7.46. The molecule has 1 heterocycles. The fourth-order valence-electron chi connectivity index (χ4n) is 2.03. The van der Waals surface area contributed by atoms with E-state index in [1.165, 1.54) is 0 Å². The minimum atomic E-state index is 0.401. The summed E-state index contributed by atoms with van der Waals surface area (Å²) in [5.41, 5.74) is 1.86. The van der Waals surface area contributed by atoms with Gasteiger partial charge in [-0.3, -0.25) is 4.98 Å². The summed E-state index contributed by atoms with van der Waals surface area (Å²) < 4.78 is 7.01. The third kappa shape index (κ3) is 2.65. The molecule has 0 aliphatic rings. The van der Waals surface area contributed by atoms with Crippen LogP contribution in [-0.2, 0) is 5.88 Å². The molecule has 4 heteroatoms. The van der Waals surface area contributed by atoms with Crippen molar-refractivity contribution in [3.63, 3.8) is 0 Å². The van der Waals surface area contributed by atoms with Crippen molar-refractivity contribution in [1.29, 1.82) is 0 Å². The molecule has 0 radical (unpaired) electrons. The number of pyridine rings is 1. The van der Waals surface area contributed by atoms with E-state index in [2.05, 4.69) is 20.9 Å². The standard InChI is InChI=1S/C16H11BrClNO/c17-12-6-7-15(11(9-12)10-18)20-16-5-1-4-14-13(16)3-2-8-19-14/h1-9H,10H2.